The fourth-order valence-corrected chi connectivity index (χ4v) is 2.75. The Morgan fingerprint density at radius 3 is 2.86 bits per heavy atom. The minimum Gasteiger partial charge on any atom is -0.337 e. The summed E-state index contributed by atoms with van der Waals surface area (Å²) in [5.74, 6) is 0.102. The standard InChI is InChI=1S/C15H15ClN4O2/c1-10(7-19-6-5-17-9-19)8-20-14(21)11-3-2-4-12(16)13(11)18-15(20)22/h2-6,9-10H,7-8H2,1H3,(H,18,22). The van der Waals surface area contributed by atoms with Crippen molar-refractivity contribution < 1.29 is 0 Å². The SMILES string of the molecule is CC(Cn1ccnc1)Cn1c(=O)[nH]c2c(Cl)cccc2c1=O. The number of halogens is 1. The van der Waals surface area contributed by atoms with E-state index in [0.29, 0.717) is 29.0 Å². The summed E-state index contributed by atoms with van der Waals surface area (Å²) < 4.78 is 3.14. The zero-order valence-electron chi connectivity index (χ0n) is 12.0. The van der Waals surface area contributed by atoms with Crippen molar-refractivity contribution in [1.29, 1.82) is 0 Å². The molecule has 0 saturated carbocycles. The lowest BCUT2D eigenvalue weighted by molar-refractivity contribution is 0.403. The van der Waals surface area contributed by atoms with Crippen molar-refractivity contribution in [3.05, 3.63) is 62.8 Å². The van der Waals surface area contributed by atoms with Crippen molar-refractivity contribution in [3.8, 4) is 0 Å². The highest BCUT2D eigenvalue weighted by atomic mass is 35.5. The van der Waals surface area contributed by atoms with E-state index in [9.17, 15) is 9.59 Å². The number of H-pyrrole nitrogens is 1. The molecule has 1 atom stereocenters. The van der Waals surface area contributed by atoms with Gasteiger partial charge in [-0.3, -0.25) is 9.36 Å². The Labute approximate surface area is 131 Å². The van der Waals surface area contributed by atoms with E-state index in [-0.39, 0.29) is 11.5 Å². The van der Waals surface area contributed by atoms with E-state index in [1.165, 1.54) is 4.57 Å². The molecule has 0 aliphatic rings. The van der Waals surface area contributed by atoms with Crippen LogP contribution < -0.4 is 11.2 Å². The number of benzene rings is 1. The van der Waals surface area contributed by atoms with Crippen LogP contribution in [0, 0.1) is 5.92 Å². The van der Waals surface area contributed by atoms with Gasteiger partial charge in [-0.05, 0) is 18.1 Å². The minimum absolute atomic E-state index is 0.102. The number of nitrogens with zero attached hydrogens (tertiary/aromatic N) is 3. The van der Waals surface area contributed by atoms with Gasteiger partial charge in [0.25, 0.3) is 5.56 Å². The van der Waals surface area contributed by atoms with E-state index in [2.05, 4.69) is 9.97 Å². The zero-order chi connectivity index (χ0) is 15.7. The van der Waals surface area contributed by atoms with Gasteiger partial charge in [0.15, 0.2) is 0 Å². The van der Waals surface area contributed by atoms with E-state index >= 15 is 0 Å². The van der Waals surface area contributed by atoms with Crippen LogP contribution in [0.2, 0.25) is 5.02 Å². The summed E-state index contributed by atoms with van der Waals surface area (Å²) in [5, 5.41) is 0.784. The van der Waals surface area contributed by atoms with Crippen LogP contribution in [0.4, 0.5) is 0 Å². The molecule has 114 valence electrons. The summed E-state index contributed by atoms with van der Waals surface area (Å²) >= 11 is 6.03. The molecular formula is C15H15ClN4O2. The lowest BCUT2D eigenvalue weighted by Gasteiger charge is -2.14. The van der Waals surface area contributed by atoms with Gasteiger partial charge in [-0.1, -0.05) is 24.6 Å². The van der Waals surface area contributed by atoms with Crippen LogP contribution in [0.3, 0.4) is 0 Å². The van der Waals surface area contributed by atoms with Crippen LogP contribution in [-0.4, -0.2) is 19.1 Å². The Morgan fingerprint density at radius 2 is 2.14 bits per heavy atom. The first-order chi connectivity index (χ1) is 10.6. The minimum atomic E-state index is -0.442. The number of hydrogen-bond donors (Lipinski definition) is 1. The second-order valence-corrected chi connectivity index (χ2v) is 5.78. The summed E-state index contributed by atoms with van der Waals surface area (Å²) in [5.41, 5.74) is -0.375. The maximum absolute atomic E-state index is 12.5. The lowest BCUT2D eigenvalue weighted by atomic mass is 10.1. The monoisotopic (exact) mass is 318 g/mol. The van der Waals surface area contributed by atoms with Crippen molar-refractivity contribution in [2.75, 3.05) is 0 Å². The Bertz CT molecular complexity index is 911. The van der Waals surface area contributed by atoms with Crippen molar-refractivity contribution in [1.82, 2.24) is 19.1 Å². The van der Waals surface area contributed by atoms with E-state index in [1.807, 2.05) is 17.7 Å². The topological polar surface area (TPSA) is 72.7 Å². The number of nitrogens with one attached hydrogen (secondary N) is 1. The Balaban J connectivity index is 1.97. The van der Waals surface area contributed by atoms with Gasteiger partial charge in [0.1, 0.15) is 0 Å². The van der Waals surface area contributed by atoms with Crippen LogP contribution in [0.5, 0.6) is 0 Å². The van der Waals surface area contributed by atoms with Crippen LogP contribution >= 0.6 is 11.6 Å². The van der Waals surface area contributed by atoms with Gasteiger partial charge in [-0.15, -0.1) is 0 Å². The van der Waals surface area contributed by atoms with Gasteiger partial charge < -0.3 is 9.55 Å². The quantitative estimate of drug-likeness (QED) is 0.798. The molecule has 3 rings (SSSR count). The van der Waals surface area contributed by atoms with Crippen molar-refractivity contribution in [2.24, 2.45) is 5.92 Å². The van der Waals surface area contributed by atoms with Crippen molar-refractivity contribution in [2.45, 2.75) is 20.0 Å². The van der Waals surface area contributed by atoms with Crippen LogP contribution in [0.15, 0.2) is 46.5 Å². The number of fused-ring (bicyclic) bond motifs is 1. The molecule has 0 spiro atoms. The molecule has 0 amide bonds. The number of hydrogen-bond acceptors (Lipinski definition) is 3. The molecular weight excluding hydrogens is 304 g/mol. The van der Waals surface area contributed by atoms with Crippen molar-refractivity contribution >= 4 is 22.5 Å². The molecule has 6 nitrogen and oxygen atoms in total. The Morgan fingerprint density at radius 1 is 1.32 bits per heavy atom. The van der Waals surface area contributed by atoms with Crippen LogP contribution in [0.1, 0.15) is 6.92 Å². The molecule has 1 N–H and O–H groups in total. The number of para-hydroxylation sites is 1. The largest absolute Gasteiger partial charge is 0.337 e. The fourth-order valence-electron chi connectivity index (χ4n) is 2.53. The van der Waals surface area contributed by atoms with Crippen LogP contribution in [0.25, 0.3) is 10.9 Å². The number of rotatable bonds is 4. The molecule has 7 heteroatoms. The maximum Gasteiger partial charge on any atom is 0.328 e. The third kappa shape index (κ3) is 2.69. The Hall–Kier alpha value is -2.34. The van der Waals surface area contributed by atoms with Gasteiger partial charge in [0.05, 0.1) is 22.3 Å². The summed E-state index contributed by atoms with van der Waals surface area (Å²) in [6.45, 7) is 2.99. The highest BCUT2D eigenvalue weighted by Gasteiger charge is 2.12. The number of aromatic amines is 1. The van der Waals surface area contributed by atoms with Gasteiger partial charge in [0, 0.05) is 25.5 Å². The molecule has 1 aromatic carbocycles. The summed E-state index contributed by atoms with van der Waals surface area (Å²) in [6.07, 6.45) is 5.26. The lowest BCUT2D eigenvalue weighted by Crippen LogP contribution is -2.37. The highest BCUT2D eigenvalue weighted by Crippen LogP contribution is 2.17. The molecule has 3 aromatic rings. The third-order valence-electron chi connectivity index (χ3n) is 3.54. The normalized spacial score (nSPS) is 12.6. The number of imidazole rings is 1. The summed E-state index contributed by atoms with van der Waals surface area (Å²) in [7, 11) is 0. The van der Waals surface area contributed by atoms with Gasteiger partial charge in [0.2, 0.25) is 0 Å². The third-order valence-corrected chi connectivity index (χ3v) is 3.86. The average molecular weight is 319 g/mol. The van der Waals surface area contributed by atoms with E-state index in [1.54, 1.807) is 30.7 Å². The zero-order valence-corrected chi connectivity index (χ0v) is 12.7. The van der Waals surface area contributed by atoms with Gasteiger partial charge in [-0.25, -0.2) is 9.78 Å². The molecule has 0 radical (unpaired) electrons. The fraction of sp³-hybridized carbons (Fsp3) is 0.267. The molecule has 0 bridgehead atoms. The van der Waals surface area contributed by atoms with Gasteiger partial charge in [-0.2, -0.15) is 0 Å². The first-order valence-electron chi connectivity index (χ1n) is 6.93. The smallest absolute Gasteiger partial charge is 0.328 e. The number of aromatic nitrogens is 4. The predicted octanol–water partition coefficient (Wildman–Crippen LogP) is 1.88. The van der Waals surface area contributed by atoms with E-state index in [0.717, 1.165) is 0 Å². The Kier molecular flexibility index (Phi) is 3.85. The molecule has 0 saturated heterocycles. The second-order valence-electron chi connectivity index (χ2n) is 5.37. The molecule has 2 heterocycles. The van der Waals surface area contributed by atoms with Crippen LogP contribution in [-0.2, 0) is 13.1 Å². The molecule has 0 aliphatic carbocycles. The first-order valence-corrected chi connectivity index (χ1v) is 7.31. The first kappa shape index (κ1) is 14.6. The van der Waals surface area contributed by atoms with E-state index in [4.69, 9.17) is 11.6 Å². The van der Waals surface area contributed by atoms with Gasteiger partial charge >= 0.3 is 5.69 Å². The molecule has 22 heavy (non-hydrogen) atoms. The summed E-state index contributed by atoms with van der Waals surface area (Å²) in [6, 6.07) is 5.01. The summed E-state index contributed by atoms with van der Waals surface area (Å²) in [4.78, 5) is 31.3. The second kappa shape index (κ2) is 5.81. The molecule has 0 fully saturated rings. The average Bonchev–Trinajstić information content (AvgIpc) is 2.97. The highest BCUT2D eigenvalue weighted by molar-refractivity contribution is 6.34. The molecule has 0 aliphatic heterocycles. The van der Waals surface area contributed by atoms with Crippen molar-refractivity contribution in [3.63, 3.8) is 0 Å². The predicted molar refractivity (Wildman–Crippen MR) is 85.2 cm³/mol. The molecule has 1 unspecified atom stereocenters. The van der Waals surface area contributed by atoms with E-state index < -0.39 is 5.69 Å². The maximum atomic E-state index is 12.5. The molecule has 2 aromatic heterocycles.